The van der Waals surface area contributed by atoms with Crippen molar-refractivity contribution >= 4 is 12.9 Å². The van der Waals surface area contributed by atoms with Crippen molar-refractivity contribution in [3.63, 3.8) is 0 Å². The third kappa shape index (κ3) is 26.4. The van der Waals surface area contributed by atoms with Gasteiger partial charge in [0.25, 0.3) is 0 Å². The van der Waals surface area contributed by atoms with Crippen LogP contribution in [0.3, 0.4) is 0 Å². The lowest BCUT2D eigenvalue weighted by Gasteiger charge is -2.37. The first kappa shape index (κ1) is 46.0. The monoisotopic (exact) mass is 684 g/mol. The van der Waals surface area contributed by atoms with Gasteiger partial charge in [0.15, 0.2) is 0 Å². The smallest absolute Gasteiger partial charge is 0.331 e. The van der Waals surface area contributed by atoms with E-state index in [1.54, 1.807) is 13.8 Å². The number of benzene rings is 1. The average Bonchev–Trinajstić information content (AvgIpc) is 3.07. The molecular weight excluding hydrogens is 599 g/mol. The molecule has 1 aromatic rings. The van der Waals surface area contributed by atoms with Crippen molar-refractivity contribution in [2.45, 2.75) is 245 Å². The van der Waals surface area contributed by atoms with Gasteiger partial charge in [-0.3, -0.25) is 0 Å². The van der Waals surface area contributed by atoms with E-state index in [4.69, 9.17) is 9.39 Å². The van der Waals surface area contributed by atoms with Crippen LogP contribution in [0.2, 0.25) is 0 Å². The standard InChI is InChI=1S/C45H84BO3/c1-7-9-11-13-15-17-19-21-22-23-25-27-29-31-33-35-37-48-43-39-41(38-42(40-43)46-49-45(5,6)44(3,4)47)36-34-32-30-28-26-24-20-18-16-14-12-10-8-2/h38-40,47H,7-37H2,1-6H3. The molecule has 0 heterocycles. The Balaban J connectivity index is 2.31. The van der Waals surface area contributed by atoms with Crippen LogP contribution in [-0.4, -0.2) is 30.4 Å². The first-order chi connectivity index (χ1) is 23.7. The summed E-state index contributed by atoms with van der Waals surface area (Å²) in [7, 11) is 1.81. The van der Waals surface area contributed by atoms with Gasteiger partial charge >= 0.3 is 7.48 Å². The van der Waals surface area contributed by atoms with Gasteiger partial charge in [0, 0.05) is 0 Å². The average molecular weight is 684 g/mol. The number of aliphatic hydroxyl groups is 1. The van der Waals surface area contributed by atoms with Gasteiger partial charge in [0.2, 0.25) is 0 Å². The van der Waals surface area contributed by atoms with Crippen molar-refractivity contribution in [1.82, 2.24) is 0 Å². The summed E-state index contributed by atoms with van der Waals surface area (Å²) in [6.45, 7) is 12.9. The van der Waals surface area contributed by atoms with Crippen LogP contribution in [0.4, 0.5) is 0 Å². The predicted molar refractivity (Wildman–Crippen MR) is 218 cm³/mol. The van der Waals surface area contributed by atoms with Crippen molar-refractivity contribution in [3.8, 4) is 5.75 Å². The molecule has 0 unspecified atom stereocenters. The largest absolute Gasteiger partial charge is 0.494 e. The fourth-order valence-electron chi connectivity index (χ4n) is 6.53. The van der Waals surface area contributed by atoms with Crippen molar-refractivity contribution in [2.75, 3.05) is 6.61 Å². The number of unbranched alkanes of at least 4 members (excludes halogenated alkanes) is 27. The summed E-state index contributed by atoms with van der Waals surface area (Å²) in [5, 5.41) is 10.6. The van der Waals surface area contributed by atoms with Gasteiger partial charge in [-0.1, -0.05) is 193 Å². The summed E-state index contributed by atoms with van der Waals surface area (Å²) in [5.74, 6) is 0.948. The molecule has 49 heavy (non-hydrogen) atoms. The van der Waals surface area contributed by atoms with E-state index in [1.165, 1.54) is 185 Å². The maximum atomic E-state index is 10.6. The summed E-state index contributed by atoms with van der Waals surface area (Å²) >= 11 is 0. The zero-order chi connectivity index (χ0) is 35.9. The molecule has 1 aromatic carbocycles. The topological polar surface area (TPSA) is 38.7 Å². The highest BCUT2D eigenvalue weighted by molar-refractivity contribution is 6.47. The molecule has 1 rings (SSSR count). The lowest BCUT2D eigenvalue weighted by Crippen LogP contribution is -2.49. The molecule has 0 aliphatic rings. The quantitative estimate of drug-likeness (QED) is 0.0565. The molecule has 0 atom stereocenters. The van der Waals surface area contributed by atoms with Crippen LogP contribution in [0.25, 0.3) is 0 Å². The Labute approximate surface area is 308 Å². The summed E-state index contributed by atoms with van der Waals surface area (Å²) in [6, 6.07) is 6.58. The van der Waals surface area contributed by atoms with Crippen molar-refractivity contribution < 1.29 is 14.5 Å². The second kappa shape index (κ2) is 30.6. The first-order valence-electron chi connectivity index (χ1n) is 21.7. The minimum Gasteiger partial charge on any atom is -0.494 e. The molecular formula is C45H84BO3. The fraction of sp³-hybridized carbons (Fsp3) is 0.867. The van der Waals surface area contributed by atoms with Crippen LogP contribution in [0, 0.1) is 0 Å². The lowest BCUT2D eigenvalue weighted by molar-refractivity contribution is -0.0893. The molecule has 0 bridgehead atoms. The maximum Gasteiger partial charge on any atom is 0.331 e. The predicted octanol–water partition coefficient (Wildman–Crippen LogP) is 13.8. The Morgan fingerprint density at radius 3 is 1.24 bits per heavy atom. The summed E-state index contributed by atoms with van der Waals surface area (Å²) in [5.41, 5.74) is 0.713. The first-order valence-corrected chi connectivity index (χ1v) is 21.7. The van der Waals surface area contributed by atoms with Crippen LogP contribution in [0.5, 0.6) is 5.75 Å². The van der Waals surface area contributed by atoms with Gasteiger partial charge in [0.05, 0.1) is 17.8 Å². The van der Waals surface area contributed by atoms with E-state index in [0.29, 0.717) is 0 Å². The molecule has 0 saturated carbocycles. The van der Waals surface area contributed by atoms with Crippen molar-refractivity contribution in [1.29, 1.82) is 0 Å². The Morgan fingerprint density at radius 1 is 0.490 bits per heavy atom. The van der Waals surface area contributed by atoms with Gasteiger partial charge in [-0.2, -0.15) is 0 Å². The van der Waals surface area contributed by atoms with Gasteiger partial charge in [-0.05, 0) is 70.1 Å². The lowest BCUT2D eigenvalue weighted by atomic mass is 9.81. The highest BCUT2D eigenvalue weighted by atomic mass is 16.5. The minimum atomic E-state index is -0.942. The second-order valence-electron chi connectivity index (χ2n) is 16.4. The molecule has 0 amide bonds. The van der Waals surface area contributed by atoms with Gasteiger partial charge in [-0.15, -0.1) is 0 Å². The number of hydrogen-bond acceptors (Lipinski definition) is 3. The van der Waals surface area contributed by atoms with E-state index in [-0.39, 0.29) is 0 Å². The Hall–Kier alpha value is -0.995. The van der Waals surface area contributed by atoms with E-state index >= 15 is 0 Å². The van der Waals surface area contributed by atoms with E-state index in [2.05, 4.69) is 32.0 Å². The van der Waals surface area contributed by atoms with Crippen molar-refractivity contribution in [2.24, 2.45) is 0 Å². The summed E-state index contributed by atoms with van der Waals surface area (Å²) in [6.07, 6.45) is 41.1. The Kier molecular flexibility index (Phi) is 28.8. The highest BCUT2D eigenvalue weighted by Gasteiger charge is 2.35. The van der Waals surface area contributed by atoms with Crippen LogP contribution >= 0.6 is 0 Å². The summed E-state index contributed by atoms with van der Waals surface area (Å²) in [4.78, 5) is 0. The van der Waals surface area contributed by atoms with Crippen LogP contribution < -0.4 is 10.2 Å². The third-order valence-electron chi connectivity index (χ3n) is 10.8. The van der Waals surface area contributed by atoms with Gasteiger partial charge < -0.3 is 14.5 Å². The number of ether oxygens (including phenoxy) is 1. The molecule has 0 aliphatic heterocycles. The van der Waals surface area contributed by atoms with Gasteiger partial charge in [0.1, 0.15) is 5.75 Å². The second-order valence-corrected chi connectivity index (χ2v) is 16.4. The highest BCUT2D eigenvalue weighted by Crippen LogP contribution is 2.25. The number of rotatable bonds is 36. The molecule has 0 aromatic heterocycles. The van der Waals surface area contributed by atoms with Crippen LogP contribution in [0.1, 0.15) is 233 Å². The zero-order valence-corrected chi connectivity index (χ0v) is 34.0. The molecule has 1 radical (unpaired) electrons. The summed E-state index contributed by atoms with van der Waals surface area (Å²) < 4.78 is 12.4. The van der Waals surface area contributed by atoms with E-state index in [1.807, 2.05) is 21.3 Å². The Bertz CT molecular complexity index is 861. The Morgan fingerprint density at radius 2 is 0.857 bits per heavy atom. The molecule has 0 aliphatic carbocycles. The number of hydrogen-bond donors (Lipinski definition) is 1. The van der Waals surface area contributed by atoms with Gasteiger partial charge in [-0.25, -0.2) is 0 Å². The van der Waals surface area contributed by atoms with Crippen LogP contribution in [-0.2, 0) is 11.1 Å². The molecule has 285 valence electrons. The molecule has 0 saturated heterocycles. The minimum absolute atomic E-state index is 0.688. The molecule has 0 spiro atoms. The molecule has 1 N–H and O–H groups in total. The van der Waals surface area contributed by atoms with Crippen molar-refractivity contribution in [3.05, 3.63) is 23.8 Å². The van der Waals surface area contributed by atoms with E-state index in [9.17, 15) is 5.11 Å². The zero-order valence-electron chi connectivity index (χ0n) is 34.0. The normalized spacial score (nSPS) is 12.1. The van der Waals surface area contributed by atoms with E-state index in [0.717, 1.165) is 30.7 Å². The van der Waals surface area contributed by atoms with Crippen LogP contribution in [0.15, 0.2) is 18.2 Å². The SMILES string of the molecule is CCCCCCCCCCCCCCCCCCOc1cc([B]OC(C)(C)C(C)(C)O)cc(CCCCCCCCCCCCCCC)c1. The number of aryl methyl sites for hydroxylation is 1. The third-order valence-corrected chi connectivity index (χ3v) is 10.8. The molecule has 0 fully saturated rings. The maximum absolute atomic E-state index is 10.6. The fourth-order valence-corrected chi connectivity index (χ4v) is 6.53. The van der Waals surface area contributed by atoms with E-state index < -0.39 is 11.2 Å². The molecule has 3 nitrogen and oxygen atoms in total. The molecule has 4 heteroatoms.